The summed E-state index contributed by atoms with van der Waals surface area (Å²) in [6.07, 6.45) is 6.31. The second-order valence-corrected chi connectivity index (χ2v) is 3.43. The molecule has 0 aliphatic heterocycles. The van der Waals surface area contributed by atoms with Crippen molar-refractivity contribution in [1.29, 1.82) is 0 Å². The quantitative estimate of drug-likeness (QED) is 0.399. The molecule has 3 heteroatoms. The number of esters is 1. The number of halogens is 1. The minimum Gasteiger partial charge on any atom is -0.461 e. The number of carbonyl (C=O) groups excluding carboxylic acids is 1. The zero-order valence-corrected chi connectivity index (χ0v) is 9.76. The molecule has 0 saturated carbocycles. The fourth-order valence-corrected chi connectivity index (χ4v) is 1.05. The smallest absolute Gasteiger partial charge is 0.306 e. The number of hydrogen-bond acceptors (Lipinski definition) is 2. The molecule has 0 saturated heterocycles. The van der Waals surface area contributed by atoms with Crippen LogP contribution in [0.25, 0.3) is 0 Å². The van der Waals surface area contributed by atoms with Gasteiger partial charge in [0.25, 0.3) is 0 Å². The highest BCUT2D eigenvalue weighted by molar-refractivity contribution is 9.09. The highest BCUT2D eigenvalue weighted by atomic mass is 79.9. The molecule has 0 aromatic carbocycles. The van der Waals surface area contributed by atoms with E-state index in [-0.39, 0.29) is 12.6 Å². The number of allylic oxidation sites excluding steroid dienone is 2. The van der Waals surface area contributed by atoms with Crippen LogP contribution >= 0.6 is 15.9 Å². The predicted octanol–water partition coefficient (Wildman–Crippen LogP) is 3.00. The highest BCUT2D eigenvalue weighted by Crippen LogP contribution is 2.01. The fourth-order valence-electron chi connectivity index (χ4n) is 0.774. The Labute approximate surface area is 93.5 Å². The summed E-state index contributed by atoms with van der Waals surface area (Å²) >= 11 is 3.25. The summed E-state index contributed by atoms with van der Waals surface area (Å²) in [4.78, 5) is 11.1. The number of ether oxygens (including phenoxy) is 1. The van der Waals surface area contributed by atoms with Crippen LogP contribution in [0.15, 0.2) is 37.0 Å². The lowest BCUT2D eigenvalue weighted by molar-refractivity contribution is -0.142. The third-order valence-corrected chi connectivity index (χ3v) is 2.07. The fraction of sp³-hybridized carbons (Fsp3) is 0.364. The van der Waals surface area contributed by atoms with Crippen LogP contribution in [0.1, 0.15) is 12.8 Å². The Morgan fingerprint density at radius 3 is 2.64 bits per heavy atom. The van der Waals surface area contributed by atoms with E-state index in [0.717, 1.165) is 17.3 Å². The molecule has 0 aromatic heterocycles. The summed E-state index contributed by atoms with van der Waals surface area (Å²) in [5.41, 5.74) is 0.854. The Morgan fingerprint density at radius 1 is 1.43 bits per heavy atom. The van der Waals surface area contributed by atoms with Crippen molar-refractivity contribution in [1.82, 2.24) is 0 Å². The van der Waals surface area contributed by atoms with Crippen molar-refractivity contribution in [2.45, 2.75) is 12.8 Å². The van der Waals surface area contributed by atoms with Crippen LogP contribution in [0.3, 0.4) is 0 Å². The molecule has 0 atom stereocenters. The van der Waals surface area contributed by atoms with E-state index >= 15 is 0 Å². The van der Waals surface area contributed by atoms with Crippen LogP contribution in [0.5, 0.6) is 0 Å². The molecule has 2 nitrogen and oxygen atoms in total. The monoisotopic (exact) mass is 258 g/mol. The Kier molecular flexibility index (Phi) is 8.24. The van der Waals surface area contributed by atoms with E-state index in [4.69, 9.17) is 4.74 Å². The number of rotatable bonds is 7. The largest absolute Gasteiger partial charge is 0.461 e. The van der Waals surface area contributed by atoms with E-state index in [0.29, 0.717) is 6.42 Å². The van der Waals surface area contributed by atoms with Gasteiger partial charge in [0.1, 0.15) is 6.61 Å². The lowest BCUT2D eigenvalue weighted by Crippen LogP contribution is -2.06. The summed E-state index contributed by atoms with van der Waals surface area (Å²) in [6, 6.07) is 0. The van der Waals surface area contributed by atoms with E-state index in [1.54, 1.807) is 18.2 Å². The summed E-state index contributed by atoms with van der Waals surface area (Å²) in [7, 11) is 0. The molecule has 0 unspecified atom stereocenters. The lowest BCUT2D eigenvalue weighted by atomic mass is 10.2. The van der Waals surface area contributed by atoms with Crippen molar-refractivity contribution < 1.29 is 9.53 Å². The molecule has 0 N–H and O–H groups in total. The van der Waals surface area contributed by atoms with Crippen LogP contribution < -0.4 is 0 Å². The minimum absolute atomic E-state index is 0.179. The maximum absolute atomic E-state index is 11.1. The Hall–Kier alpha value is -0.830. The van der Waals surface area contributed by atoms with E-state index in [1.165, 1.54) is 0 Å². The first-order chi connectivity index (χ1) is 6.74. The zero-order chi connectivity index (χ0) is 10.8. The van der Waals surface area contributed by atoms with Crippen molar-refractivity contribution >= 4 is 21.9 Å². The molecule has 0 fully saturated rings. The molecule has 0 amide bonds. The van der Waals surface area contributed by atoms with Gasteiger partial charge in [-0.2, -0.15) is 0 Å². The Balaban J connectivity index is 3.79. The van der Waals surface area contributed by atoms with Crippen molar-refractivity contribution in [2.24, 2.45) is 0 Å². The molecule has 0 aromatic rings. The van der Waals surface area contributed by atoms with Crippen LogP contribution in [0.4, 0.5) is 0 Å². The van der Waals surface area contributed by atoms with Crippen LogP contribution in [0.2, 0.25) is 0 Å². The summed E-state index contributed by atoms with van der Waals surface area (Å²) in [5.74, 6) is -0.179. The molecule has 0 spiro atoms. The van der Waals surface area contributed by atoms with Gasteiger partial charge in [0, 0.05) is 11.8 Å². The van der Waals surface area contributed by atoms with E-state index in [2.05, 4.69) is 29.1 Å². The summed E-state index contributed by atoms with van der Waals surface area (Å²) in [6.45, 7) is 7.43. The van der Waals surface area contributed by atoms with Gasteiger partial charge >= 0.3 is 5.97 Å². The molecular weight excluding hydrogens is 244 g/mol. The number of carbonyl (C=O) groups is 1. The number of alkyl halides is 1. The van der Waals surface area contributed by atoms with E-state index < -0.39 is 0 Å². The first-order valence-electron chi connectivity index (χ1n) is 4.40. The average molecular weight is 259 g/mol. The molecule has 0 rings (SSSR count). The highest BCUT2D eigenvalue weighted by Gasteiger charge is 2.01. The van der Waals surface area contributed by atoms with Gasteiger partial charge in [0.2, 0.25) is 0 Å². The molecular formula is C11H15BrO2. The molecule has 78 valence electrons. The van der Waals surface area contributed by atoms with Crippen LogP contribution in [-0.4, -0.2) is 17.9 Å². The second-order valence-electron chi connectivity index (χ2n) is 2.63. The van der Waals surface area contributed by atoms with Gasteiger partial charge in [-0.25, -0.2) is 0 Å². The standard InChI is InChI=1S/C11H15BrO2/c1-3-6-10(4-2)9-14-11(13)7-5-8-12/h3-4,6H,1-2,5,7-9H2/b10-6+. The van der Waals surface area contributed by atoms with Gasteiger partial charge < -0.3 is 4.74 Å². The van der Waals surface area contributed by atoms with Crippen molar-refractivity contribution in [3.05, 3.63) is 37.0 Å². The van der Waals surface area contributed by atoms with Crippen molar-refractivity contribution in [2.75, 3.05) is 11.9 Å². The molecule has 0 aliphatic carbocycles. The molecule has 14 heavy (non-hydrogen) atoms. The minimum atomic E-state index is -0.179. The molecule has 0 radical (unpaired) electrons. The third-order valence-electron chi connectivity index (χ3n) is 1.51. The van der Waals surface area contributed by atoms with Gasteiger partial charge in [-0.3, -0.25) is 4.79 Å². The van der Waals surface area contributed by atoms with E-state index in [9.17, 15) is 4.79 Å². The Morgan fingerprint density at radius 2 is 2.14 bits per heavy atom. The maximum atomic E-state index is 11.1. The summed E-state index contributed by atoms with van der Waals surface area (Å²) < 4.78 is 5.00. The van der Waals surface area contributed by atoms with Gasteiger partial charge in [-0.05, 0) is 12.0 Å². The van der Waals surface area contributed by atoms with Crippen LogP contribution in [0, 0.1) is 0 Å². The second kappa shape index (κ2) is 8.75. The van der Waals surface area contributed by atoms with E-state index in [1.807, 2.05) is 0 Å². The SMILES string of the molecule is C=C/C=C(\C=C)COC(=O)CCCBr. The van der Waals surface area contributed by atoms with Crippen LogP contribution in [-0.2, 0) is 9.53 Å². The van der Waals surface area contributed by atoms with Gasteiger partial charge in [0.05, 0.1) is 0 Å². The lowest BCUT2D eigenvalue weighted by Gasteiger charge is -2.03. The van der Waals surface area contributed by atoms with Crippen molar-refractivity contribution in [3.8, 4) is 0 Å². The maximum Gasteiger partial charge on any atom is 0.306 e. The van der Waals surface area contributed by atoms with Gasteiger partial charge in [-0.15, -0.1) is 0 Å². The van der Waals surface area contributed by atoms with Gasteiger partial charge in [-0.1, -0.05) is 47.3 Å². The Bertz CT molecular complexity index is 231. The normalized spacial score (nSPS) is 10.8. The first kappa shape index (κ1) is 13.2. The first-order valence-corrected chi connectivity index (χ1v) is 5.52. The topological polar surface area (TPSA) is 26.3 Å². The summed E-state index contributed by atoms with van der Waals surface area (Å²) in [5, 5.41) is 0.818. The molecule has 0 aliphatic rings. The third kappa shape index (κ3) is 6.66. The molecule has 0 heterocycles. The van der Waals surface area contributed by atoms with Gasteiger partial charge in [0.15, 0.2) is 0 Å². The predicted molar refractivity (Wildman–Crippen MR) is 62.5 cm³/mol. The molecule has 0 bridgehead atoms. The zero-order valence-electron chi connectivity index (χ0n) is 8.17. The average Bonchev–Trinajstić information content (AvgIpc) is 2.21. The van der Waals surface area contributed by atoms with Crippen molar-refractivity contribution in [3.63, 3.8) is 0 Å². The number of hydrogen-bond donors (Lipinski definition) is 0.